The van der Waals surface area contributed by atoms with Gasteiger partial charge in [0.15, 0.2) is 0 Å². The van der Waals surface area contributed by atoms with Crippen molar-refractivity contribution in [1.82, 2.24) is 14.1 Å². The number of allylic oxidation sites excluding steroid dienone is 2. The number of sulfonamides is 1. The highest BCUT2D eigenvalue weighted by Crippen LogP contribution is 2.35. The fourth-order valence-corrected chi connectivity index (χ4v) is 5.62. The van der Waals surface area contributed by atoms with Gasteiger partial charge in [-0.25, -0.2) is 8.42 Å². The van der Waals surface area contributed by atoms with Gasteiger partial charge in [-0.15, -0.1) is 0 Å². The number of piperazine rings is 1. The summed E-state index contributed by atoms with van der Waals surface area (Å²) >= 11 is 0. The van der Waals surface area contributed by atoms with Crippen LogP contribution >= 0.6 is 0 Å². The van der Waals surface area contributed by atoms with E-state index in [1.165, 1.54) is 9.21 Å². The zero-order valence-corrected chi connectivity index (χ0v) is 16.8. The molecule has 0 aromatic heterocycles. The fraction of sp³-hybridized carbons (Fsp3) is 0.450. The summed E-state index contributed by atoms with van der Waals surface area (Å²) < 4.78 is 26.7. The summed E-state index contributed by atoms with van der Waals surface area (Å²) in [5, 5.41) is 0. The monoisotopic (exact) mass is 417 g/mol. The first-order valence-electron chi connectivity index (χ1n) is 9.73. The van der Waals surface area contributed by atoms with Gasteiger partial charge in [-0.05, 0) is 25.0 Å². The number of rotatable bonds is 4. The second-order valence-corrected chi connectivity index (χ2v) is 9.45. The van der Waals surface area contributed by atoms with E-state index < -0.39 is 10.0 Å². The van der Waals surface area contributed by atoms with E-state index in [0.29, 0.717) is 12.8 Å². The maximum Gasteiger partial charge on any atom is 0.243 e. The Labute approximate surface area is 169 Å². The van der Waals surface area contributed by atoms with Crippen LogP contribution in [0.4, 0.5) is 0 Å². The summed E-state index contributed by atoms with van der Waals surface area (Å²) in [4.78, 5) is 40.5. The minimum Gasteiger partial charge on any atom is -0.338 e. The van der Waals surface area contributed by atoms with Gasteiger partial charge in [0.1, 0.15) is 6.54 Å². The van der Waals surface area contributed by atoms with E-state index in [2.05, 4.69) is 0 Å². The van der Waals surface area contributed by atoms with E-state index in [4.69, 9.17) is 0 Å². The molecule has 9 heteroatoms. The zero-order valence-electron chi connectivity index (χ0n) is 15.9. The van der Waals surface area contributed by atoms with Crippen molar-refractivity contribution in [2.45, 2.75) is 17.7 Å². The minimum absolute atomic E-state index is 0.181. The second kappa shape index (κ2) is 7.72. The number of hydrogen-bond acceptors (Lipinski definition) is 5. The molecular formula is C20H23N3O5S. The first-order valence-corrected chi connectivity index (χ1v) is 11.2. The van der Waals surface area contributed by atoms with Crippen LogP contribution < -0.4 is 0 Å². The number of nitrogens with zero attached hydrogens (tertiary/aromatic N) is 3. The molecule has 0 spiro atoms. The van der Waals surface area contributed by atoms with E-state index in [9.17, 15) is 22.8 Å². The van der Waals surface area contributed by atoms with E-state index in [0.717, 1.165) is 4.90 Å². The van der Waals surface area contributed by atoms with Crippen molar-refractivity contribution in [3.63, 3.8) is 0 Å². The van der Waals surface area contributed by atoms with Gasteiger partial charge in [0.25, 0.3) is 0 Å². The first-order chi connectivity index (χ1) is 13.9. The van der Waals surface area contributed by atoms with Crippen LogP contribution in [0.15, 0.2) is 47.4 Å². The zero-order chi connectivity index (χ0) is 20.6. The van der Waals surface area contributed by atoms with Crippen LogP contribution in [-0.4, -0.2) is 73.0 Å². The van der Waals surface area contributed by atoms with Gasteiger partial charge in [0.2, 0.25) is 27.7 Å². The van der Waals surface area contributed by atoms with Gasteiger partial charge < -0.3 is 4.90 Å². The first kappa shape index (κ1) is 19.8. The standard InChI is InChI=1S/C20H23N3O5S/c24-18(14-23-19(25)16-8-4-5-9-17(16)20(23)26)21-10-12-22(13-11-21)29(27,28)15-6-2-1-3-7-15/h1-7,16-17H,8-14H2/t16-,17-/m1/s1. The lowest BCUT2D eigenvalue weighted by Crippen LogP contribution is -2.53. The van der Waals surface area contributed by atoms with Crippen molar-refractivity contribution in [1.29, 1.82) is 0 Å². The highest BCUT2D eigenvalue weighted by atomic mass is 32.2. The molecule has 8 nitrogen and oxygen atoms in total. The third-order valence-electron chi connectivity index (χ3n) is 5.86. The molecule has 2 fully saturated rings. The Morgan fingerprint density at radius 2 is 1.45 bits per heavy atom. The molecule has 4 rings (SSSR count). The third-order valence-corrected chi connectivity index (χ3v) is 7.78. The Morgan fingerprint density at radius 3 is 2.00 bits per heavy atom. The van der Waals surface area contributed by atoms with Gasteiger partial charge in [-0.1, -0.05) is 30.4 Å². The molecule has 2 heterocycles. The molecule has 0 saturated carbocycles. The highest BCUT2D eigenvalue weighted by molar-refractivity contribution is 7.89. The summed E-state index contributed by atoms with van der Waals surface area (Å²) in [6.45, 7) is 0.557. The molecule has 1 aromatic rings. The van der Waals surface area contributed by atoms with Crippen molar-refractivity contribution in [3.05, 3.63) is 42.5 Å². The molecule has 3 amide bonds. The van der Waals surface area contributed by atoms with Crippen LogP contribution in [0, 0.1) is 11.8 Å². The molecule has 0 radical (unpaired) electrons. The number of hydrogen-bond donors (Lipinski definition) is 0. The number of benzene rings is 1. The topological polar surface area (TPSA) is 95.1 Å². The van der Waals surface area contributed by atoms with E-state index in [1.807, 2.05) is 12.2 Å². The van der Waals surface area contributed by atoms with E-state index in [-0.39, 0.29) is 67.2 Å². The molecule has 29 heavy (non-hydrogen) atoms. The Balaban J connectivity index is 1.36. The predicted octanol–water partition coefficient (Wildman–Crippen LogP) is 0.471. The van der Waals surface area contributed by atoms with Gasteiger partial charge in [0, 0.05) is 26.2 Å². The van der Waals surface area contributed by atoms with E-state index >= 15 is 0 Å². The summed E-state index contributed by atoms with van der Waals surface area (Å²) in [5.74, 6) is -1.58. The van der Waals surface area contributed by atoms with Gasteiger partial charge in [0.05, 0.1) is 16.7 Å². The summed E-state index contributed by atoms with van der Waals surface area (Å²) in [7, 11) is -3.60. The summed E-state index contributed by atoms with van der Waals surface area (Å²) in [5.41, 5.74) is 0. The number of imide groups is 1. The second-order valence-electron chi connectivity index (χ2n) is 7.52. The van der Waals surface area contributed by atoms with Crippen LogP contribution in [-0.2, 0) is 24.4 Å². The number of likely N-dealkylation sites (tertiary alicyclic amines) is 1. The summed E-state index contributed by atoms with van der Waals surface area (Å²) in [6, 6.07) is 8.19. The minimum atomic E-state index is -3.60. The van der Waals surface area contributed by atoms with E-state index in [1.54, 1.807) is 30.3 Å². The maximum absolute atomic E-state index is 12.7. The molecule has 2 atom stereocenters. The molecule has 1 aromatic carbocycles. The largest absolute Gasteiger partial charge is 0.338 e. The fourth-order valence-electron chi connectivity index (χ4n) is 4.18. The number of carbonyl (C=O) groups is 3. The van der Waals surface area contributed by atoms with Crippen LogP contribution in [0.2, 0.25) is 0 Å². The average molecular weight is 417 g/mol. The quantitative estimate of drug-likeness (QED) is 0.524. The normalized spacial score (nSPS) is 25.4. The van der Waals surface area contributed by atoms with Crippen molar-refractivity contribution in [3.8, 4) is 0 Å². The van der Waals surface area contributed by atoms with Crippen molar-refractivity contribution in [2.75, 3.05) is 32.7 Å². The van der Waals surface area contributed by atoms with Crippen LogP contribution in [0.5, 0.6) is 0 Å². The third kappa shape index (κ3) is 3.60. The summed E-state index contributed by atoms with van der Waals surface area (Å²) in [6.07, 6.45) is 4.89. The molecule has 0 unspecified atom stereocenters. The lowest BCUT2D eigenvalue weighted by molar-refractivity contribution is -0.147. The highest BCUT2D eigenvalue weighted by Gasteiger charge is 2.48. The van der Waals surface area contributed by atoms with Crippen LogP contribution in [0.1, 0.15) is 12.8 Å². The average Bonchev–Trinajstić information content (AvgIpc) is 2.99. The van der Waals surface area contributed by atoms with Crippen LogP contribution in [0.25, 0.3) is 0 Å². The smallest absolute Gasteiger partial charge is 0.243 e. The number of fused-ring (bicyclic) bond motifs is 1. The maximum atomic E-state index is 12.7. The molecular weight excluding hydrogens is 394 g/mol. The Bertz CT molecular complexity index is 926. The molecule has 3 aliphatic rings. The molecule has 1 aliphatic carbocycles. The molecule has 0 N–H and O–H groups in total. The molecule has 2 saturated heterocycles. The predicted molar refractivity (Wildman–Crippen MR) is 104 cm³/mol. The van der Waals surface area contributed by atoms with Crippen molar-refractivity contribution in [2.24, 2.45) is 11.8 Å². The Hall–Kier alpha value is -2.52. The molecule has 154 valence electrons. The number of carbonyl (C=O) groups excluding carboxylic acids is 3. The lowest BCUT2D eigenvalue weighted by atomic mass is 9.85. The Morgan fingerprint density at radius 1 is 0.897 bits per heavy atom. The Kier molecular flexibility index (Phi) is 5.26. The number of amides is 3. The van der Waals surface area contributed by atoms with Crippen molar-refractivity contribution < 1.29 is 22.8 Å². The van der Waals surface area contributed by atoms with Crippen LogP contribution in [0.3, 0.4) is 0 Å². The van der Waals surface area contributed by atoms with Gasteiger partial charge in [-0.3, -0.25) is 19.3 Å². The van der Waals surface area contributed by atoms with Gasteiger partial charge >= 0.3 is 0 Å². The SMILES string of the molecule is O=C(CN1C(=O)[C@@H]2CC=CC[C@H]2C1=O)N1CCN(S(=O)(=O)c2ccccc2)CC1. The lowest BCUT2D eigenvalue weighted by Gasteiger charge is -2.34. The van der Waals surface area contributed by atoms with Crippen molar-refractivity contribution >= 4 is 27.7 Å². The van der Waals surface area contributed by atoms with Gasteiger partial charge in [-0.2, -0.15) is 4.31 Å². The molecule has 2 aliphatic heterocycles. The molecule has 0 bridgehead atoms.